The number of fused-ring (bicyclic) bond motifs is 1. The lowest BCUT2D eigenvalue weighted by Crippen LogP contribution is -2.31. The van der Waals surface area contributed by atoms with Crippen molar-refractivity contribution in [1.82, 2.24) is 14.5 Å². The summed E-state index contributed by atoms with van der Waals surface area (Å²) in [6.45, 7) is 8.54. The molecule has 31 heavy (non-hydrogen) atoms. The van der Waals surface area contributed by atoms with Crippen molar-refractivity contribution in [1.29, 1.82) is 0 Å². The van der Waals surface area contributed by atoms with Crippen LogP contribution in [0.5, 0.6) is 0 Å². The Hall–Kier alpha value is -2.33. The van der Waals surface area contributed by atoms with Gasteiger partial charge in [0.05, 0.1) is 5.69 Å². The second kappa shape index (κ2) is 8.31. The minimum atomic E-state index is 0.0825. The van der Waals surface area contributed by atoms with Gasteiger partial charge in [-0.15, -0.1) is 0 Å². The van der Waals surface area contributed by atoms with Gasteiger partial charge in [-0.1, -0.05) is 19.9 Å². The van der Waals surface area contributed by atoms with E-state index in [4.69, 9.17) is 0 Å². The molecule has 2 heterocycles. The predicted octanol–water partition coefficient (Wildman–Crippen LogP) is 5.86. The molecular weight excluding hydrogens is 382 g/mol. The largest absolute Gasteiger partial charge is 0.354 e. The van der Waals surface area contributed by atoms with Crippen molar-refractivity contribution in [2.75, 3.05) is 14.1 Å². The lowest BCUT2D eigenvalue weighted by atomic mass is 9.81. The number of benzene rings is 1. The van der Waals surface area contributed by atoms with Crippen molar-refractivity contribution in [2.45, 2.75) is 71.3 Å². The molecule has 0 amide bonds. The zero-order valence-corrected chi connectivity index (χ0v) is 20.2. The van der Waals surface area contributed by atoms with Gasteiger partial charge in [-0.2, -0.15) is 0 Å². The summed E-state index contributed by atoms with van der Waals surface area (Å²) in [7, 11) is 6.25. The first-order valence-corrected chi connectivity index (χ1v) is 11.7. The zero-order valence-electron chi connectivity index (χ0n) is 20.2. The number of aromatic nitrogens is 2. The van der Waals surface area contributed by atoms with Crippen molar-refractivity contribution in [2.24, 2.45) is 7.05 Å². The molecule has 1 saturated carbocycles. The Morgan fingerprint density at radius 2 is 1.74 bits per heavy atom. The normalized spacial score (nSPS) is 19.6. The van der Waals surface area contributed by atoms with Gasteiger partial charge in [-0.3, -0.25) is 4.79 Å². The van der Waals surface area contributed by atoms with Crippen molar-refractivity contribution >= 4 is 10.9 Å². The molecule has 2 aromatic heterocycles. The van der Waals surface area contributed by atoms with Crippen molar-refractivity contribution in [3.05, 3.63) is 57.0 Å². The Bertz CT molecular complexity index is 1160. The number of aromatic amines is 1. The van der Waals surface area contributed by atoms with Crippen LogP contribution in [0.25, 0.3) is 22.2 Å². The average molecular weight is 420 g/mol. The van der Waals surface area contributed by atoms with Crippen LogP contribution in [-0.4, -0.2) is 34.6 Å². The molecular formula is C27H37N3O. The lowest BCUT2D eigenvalue weighted by Gasteiger charge is -2.32. The molecule has 0 radical (unpaired) electrons. The Balaban J connectivity index is 1.80. The van der Waals surface area contributed by atoms with Gasteiger partial charge < -0.3 is 14.5 Å². The fourth-order valence-electron chi connectivity index (χ4n) is 5.45. The number of nitrogens with zero attached hydrogens (tertiary/aromatic N) is 2. The van der Waals surface area contributed by atoms with Crippen LogP contribution in [0.2, 0.25) is 0 Å². The molecule has 0 bridgehead atoms. The van der Waals surface area contributed by atoms with Crippen LogP contribution in [0, 0.1) is 13.8 Å². The summed E-state index contributed by atoms with van der Waals surface area (Å²) in [6, 6.07) is 7.75. The third-order valence-corrected chi connectivity index (χ3v) is 7.54. The molecule has 4 rings (SSSR count). The number of rotatable bonds is 4. The van der Waals surface area contributed by atoms with Crippen LogP contribution >= 0.6 is 0 Å². The summed E-state index contributed by atoms with van der Waals surface area (Å²) in [5, 5.41) is 1.34. The highest BCUT2D eigenvalue weighted by molar-refractivity contribution is 5.92. The predicted molar refractivity (Wildman–Crippen MR) is 131 cm³/mol. The maximum Gasteiger partial charge on any atom is 0.253 e. The zero-order chi connectivity index (χ0) is 22.4. The van der Waals surface area contributed by atoms with Crippen LogP contribution < -0.4 is 5.56 Å². The van der Waals surface area contributed by atoms with E-state index in [0.29, 0.717) is 11.8 Å². The average Bonchev–Trinajstić information content (AvgIpc) is 3.13. The summed E-state index contributed by atoms with van der Waals surface area (Å²) >= 11 is 0. The standard InChI is InChI=1S/C27H37N3O/c1-16(2)25-22-14-20(19-8-11-21(12-9-19)29(5)6)10-13-24(22)28-26(25)23-15-30(7)27(31)18(4)17(23)3/h10,13-16,19,21,28H,8-9,11-12H2,1-7H3. The van der Waals surface area contributed by atoms with Crippen LogP contribution in [0.4, 0.5) is 0 Å². The molecule has 0 atom stereocenters. The summed E-state index contributed by atoms with van der Waals surface area (Å²) < 4.78 is 1.71. The molecule has 0 unspecified atom stereocenters. The number of H-pyrrole nitrogens is 1. The Kier molecular flexibility index (Phi) is 5.87. The second-order valence-corrected chi connectivity index (χ2v) is 10.1. The number of hydrogen-bond acceptors (Lipinski definition) is 2. The lowest BCUT2D eigenvalue weighted by molar-refractivity contribution is 0.216. The van der Waals surface area contributed by atoms with Gasteiger partial charge in [0.25, 0.3) is 5.56 Å². The van der Waals surface area contributed by atoms with Crippen LogP contribution in [0.1, 0.15) is 73.6 Å². The number of pyridine rings is 1. The summed E-state index contributed by atoms with van der Waals surface area (Å²) in [5.74, 6) is 1.04. The van der Waals surface area contributed by atoms with E-state index in [-0.39, 0.29) is 5.56 Å². The SMILES string of the molecule is Cc1c(-c2[nH]c3ccc(C4CCC(N(C)C)CC4)cc3c2C(C)C)cn(C)c(=O)c1C. The quantitative estimate of drug-likeness (QED) is 0.575. The van der Waals surface area contributed by atoms with Gasteiger partial charge in [0.15, 0.2) is 0 Å². The molecule has 1 aliphatic rings. The molecule has 0 aliphatic heterocycles. The van der Waals surface area contributed by atoms with Gasteiger partial charge in [0.1, 0.15) is 0 Å². The van der Waals surface area contributed by atoms with Gasteiger partial charge in [-0.25, -0.2) is 0 Å². The molecule has 166 valence electrons. The van der Waals surface area contributed by atoms with Crippen molar-refractivity contribution < 1.29 is 0 Å². The minimum Gasteiger partial charge on any atom is -0.354 e. The topological polar surface area (TPSA) is 41.0 Å². The molecule has 3 aromatic rings. The third kappa shape index (κ3) is 3.87. The Labute approximate surface area is 186 Å². The highest BCUT2D eigenvalue weighted by Gasteiger charge is 2.25. The molecule has 1 fully saturated rings. The van der Waals surface area contributed by atoms with Crippen molar-refractivity contribution in [3.63, 3.8) is 0 Å². The summed E-state index contributed by atoms with van der Waals surface area (Å²) in [4.78, 5) is 18.5. The van der Waals surface area contributed by atoms with E-state index < -0.39 is 0 Å². The van der Waals surface area contributed by atoms with Gasteiger partial charge >= 0.3 is 0 Å². The van der Waals surface area contributed by atoms with Crippen molar-refractivity contribution in [3.8, 4) is 11.3 Å². The van der Waals surface area contributed by atoms with E-state index in [1.54, 1.807) is 4.57 Å². The number of hydrogen-bond donors (Lipinski definition) is 1. The fourth-order valence-corrected chi connectivity index (χ4v) is 5.45. The monoisotopic (exact) mass is 419 g/mol. The van der Waals surface area contributed by atoms with E-state index in [9.17, 15) is 4.79 Å². The van der Waals surface area contributed by atoms with E-state index >= 15 is 0 Å². The van der Waals surface area contributed by atoms with Crippen LogP contribution in [0.15, 0.2) is 29.2 Å². The molecule has 0 spiro atoms. The molecule has 1 N–H and O–H groups in total. The van der Waals surface area contributed by atoms with E-state index in [1.807, 2.05) is 20.2 Å². The van der Waals surface area contributed by atoms with E-state index in [0.717, 1.165) is 28.4 Å². The molecule has 1 aliphatic carbocycles. The molecule has 1 aromatic carbocycles. The Morgan fingerprint density at radius 3 is 2.35 bits per heavy atom. The first-order chi connectivity index (χ1) is 14.7. The fraction of sp³-hybridized carbons (Fsp3) is 0.519. The van der Waals surface area contributed by atoms with E-state index in [1.165, 1.54) is 47.7 Å². The first kappa shape index (κ1) is 21.9. The first-order valence-electron chi connectivity index (χ1n) is 11.7. The third-order valence-electron chi connectivity index (χ3n) is 7.54. The maximum atomic E-state index is 12.4. The van der Waals surface area contributed by atoms with Gasteiger partial charge in [0.2, 0.25) is 0 Å². The second-order valence-electron chi connectivity index (χ2n) is 10.1. The minimum absolute atomic E-state index is 0.0825. The smallest absolute Gasteiger partial charge is 0.253 e. The summed E-state index contributed by atoms with van der Waals surface area (Å²) in [5.41, 5.74) is 8.30. The van der Waals surface area contributed by atoms with Crippen LogP contribution in [-0.2, 0) is 7.05 Å². The maximum absolute atomic E-state index is 12.4. The Morgan fingerprint density at radius 1 is 1.06 bits per heavy atom. The molecule has 4 nitrogen and oxygen atoms in total. The van der Waals surface area contributed by atoms with Gasteiger partial charge in [0, 0.05) is 41.3 Å². The van der Waals surface area contributed by atoms with Gasteiger partial charge in [-0.05, 0) is 94.3 Å². The van der Waals surface area contributed by atoms with Crippen LogP contribution in [0.3, 0.4) is 0 Å². The number of aryl methyl sites for hydroxylation is 1. The number of nitrogens with one attached hydrogen (secondary N) is 1. The molecule has 0 saturated heterocycles. The molecule has 4 heteroatoms. The summed E-state index contributed by atoms with van der Waals surface area (Å²) in [6.07, 6.45) is 7.08. The highest BCUT2D eigenvalue weighted by Crippen LogP contribution is 2.40. The van der Waals surface area contributed by atoms with E-state index in [2.05, 4.69) is 62.9 Å². The highest BCUT2D eigenvalue weighted by atomic mass is 16.1.